The molecular weight excluding hydrogens is 134 g/mol. The van der Waals surface area contributed by atoms with Gasteiger partial charge in [0.25, 0.3) is 0 Å². The lowest BCUT2D eigenvalue weighted by molar-refractivity contribution is -0.113. The van der Waals surface area contributed by atoms with Crippen molar-refractivity contribution in [2.75, 3.05) is 12.3 Å². The second-order valence-corrected chi connectivity index (χ2v) is 2.86. The van der Waals surface area contributed by atoms with Crippen LogP contribution < -0.4 is 5.32 Å². The van der Waals surface area contributed by atoms with Crippen LogP contribution in [0.25, 0.3) is 0 Å². The van der Waals surface area contributed by atoms with E-state index in [-0.39, 0.29) is 5.78 Å². The Morgan fingerprint density at radius 3 is 3.00 bits per heavy atom. The SMILES string of the molecule is CC(=O)C1=CSCCN1. The molecule has 1 heterocycles. The highest BCUT2D eigenvalue weighted by molar-refractivity contribution is 8.02. The van der Waals surface area contributed by atoms with Crippen molar-refractivity contribution < 1.29 is 4.79 Å². The minimum atomic E-state index is 0.127. The van der Waals surface area contributed by atoms with Gasteiger partial charge in [-0.2, -0.15) is 0 Å². The van der Waals surface area contributed by atoms with Crippen LogP contribution in [-0.2, 0) is 4.79 Å². The van der Waals surface area contributed by atoms with Crippen molar-refractivity contribution in [3.63, 3.8) is 0 Å². The molecule has 3 heteroatoms. The van der Waals surface area contributed by atoms with Gasteiger partial charge in [-0.25, -0.2) is 0 Å². The quantitative estimate of drug-likeness (QED) is 0.587. The van der Waals surface area contributed by atoms with E-state index >= 15 is 0 Å². The second kappa shape index (κ2) is 2.92. The van der Waals surface area contributed by atoms with Crippen molar-refractivity contribution in [2.24, 2.45) is 0 Å². The molecule has 0 saturated heterocycles. The number of ketones is 1. The van der Waals surface area contributed by atoms with Gasteiger partial charge in [0.1, 0.15) is 0 Å². The fourth-order valence-corrected chi connectivity index (χ4v) is 1.39. The molecule has 0 aliphatic carbocycles. The summed E-state index contributed by atoms with van der Waals surface area (Å²) in [7, 11) is 0. The summed E-state index contributed by atoms with van der Waals surface area (Å²) in [6, 6.07) is 0. The van der Waals surface area contributed by atoms with Gasteiger partial charge in [0.15, 0.2) is 5.78 Å². The standard InChI is InChI=1S/C6H9NOS/c1-5(8)6-4-9-3-2-7-6/h4,7H,2-3H2,1H3. The summed E-state index contributed by atoms with van der Waals surface area (Å²) in [5, 5.41) is 4.89. The highest BCUT2D eigenvalue weighted by atomic mass is 32.2. The number of allylic oxidation sites excluding steroid dienone is 1. The third kappa shape index (κ3) is 1.75. The van der Waals surface area contributed by atoms with E-state index in [2.05, 4.69) is 5.32 Å². The lowest BCUT2D eigenvalue weighted by Gasteiger charge is -2.11. The molecule has 9 heavy (non-hydrogen) atoms. The average molecular weight is 143 g/mol. The summed E-state index contributed by atoms with van der Waals surface area (Å²) in [4.78, 5) is 10.7. The second-order valence-electron chi connectivity index (χ2n) is 1.89. The van der Waals surface area contributed by atoms with E-state index in [1.807, 2.05) is 5.41 Å². The molecule has 2 nitrogen and oxygen atoms in total. The summed E-state index contributed by atoms with van der Waals surface area (Å²) in [6.07, 6.45) is 0. The highest BCUT2D eigenvalue weighted by Crippen LogP contribution is 2.09. The topological polar surface area (TPSA) is 29.1 Å². The number of Topliss-reactive ketones (excluding diaryl/α,β-unsaturated/α-hetero) is 1. The fourth-order valence-electron chi connectivity index (χ4n) is 0.636. The van der Waals surface area contributed by atoms with Crippen LogP contribution in [0.1, 0.15) is 6.92 Å². The largest absolute Gasteiger partial charge is 0.381 e. The van der Waals surface area contributed by atoms with E-state index in [0.29, 0.717) is 0 Å². The maximum Gasteiger partial charge on any atom is 0.176 e. The van der Waals surface area contributed by atoms with Gasteiger partial charge < -0.3 is 5.32 Å². The van der Waals surface area contributed by atoms with Crippen LogP contribution >= 0.6 is 11.8 Å². The smallest absolute Gasteiger partial charge is 0.176 e. The van der Waals surface area contributed by atoms with E-state index in [9.17, 15) is 4.79 Å². The molecule has 50 valence electrons. The molecular formula is C6H9NOS. The maximum atomic E-state index is 10.7. The first kappa shape index (κ1) is 6.68. The first-order valence-corrected chi connectivity index (χ1v) is 3.92. The Hall–Kier alpha value is -0.440. The molecule has 0 aromatic carbocycles. The summed E-state index contributed by atoms with van der Waals surface area (Å²) in [5.41, 5.74) is 0.756. The van der Waals surface area contributed by atoms with Gasteiger partial charge in [-0.1, -0.05) is 0 Å². The molecule has 1 N–H and O–H groups in total. The molecule has 0 spiro atoms. The van der Waals surface area contributed by atoms with Crippen molar-refractivity contribution in [3.05, 3.63) is 11.1 Å². The van der Waals surface area contributed by atoms with Gasteiger partial charge in [0.05, 0.1) is 5.70 Å². The van der Waals surface area contributed by atoms with Crippen molar-refractivity contribution in [3.8, 4) is 0 Å². The number of carbonyl (C=O) groups excluding carboxylic acids is 1. The van der Waals surface area contributed by atoms with E-state index in [4.69, 9.17) is 0 Å². The normalized spacial score (nSPS) is 18.1. The Morgan fingerprint density at radius 2 is 2.67 bits per heavy atom. The molecule has 1 aliphatic rings. The van der Waals surface area contributed by atoms with E-state index < -0.39 is 0 Å². The van der Waals surface area contributed by atoms with Crippen LogP contribution in [0.2, 0.25) is 0 Å². The molecule has 0 radical (unpaired) electrons. The first-order chi connectivity index (χ1) is 4.30. The Bertz CT molecular complexity index is 153. The zero-order valence-corrected chi connectivity index (χ0v) is 6.12. The van der Waals surface area contributed by atoms with Gasteiger partial charge in [-0.05, 0) is 5.41 Å². The first-order valence-electron chi connectivity index (χ1n) is 2.87. The van der Waals surface area contributed by atoms with Crippen LogP contribution in [0.15, 0.2) is 11.1 Å². The van der Waals surface area contributed by atoms with Crippen LogP contribution in [0.5, 0.6) is 0 Å². The molecule has 0 aromatic heterocycles. The van der Waals surface area contributed by atoms with Crippen LogP contribution in [-0.4, -0.2) is 18.1 Å². The summed E-state index contributed by atoms with van der Waals surface area (Å²) < 4.78 is 0. The Morgan fingerprint density at radius 1 is 1.89 bits per heavy atom. The number of hydrogen-bond acceptors (Lipinski definition) is 3. The third-order valence-electron chi connectivity index (χ3n) is 1.12. The van der Waals surface area contributed by atoms with Gasteiger partial charge in [0, 0.05) is 19.2 Å². The van der Waals surface area contributed by atoms with Crippen molar-refractivity contribution >= 4 is 17.5 Å². The molecule has 0 atom stereocenters. The minimum absolute atomic E-state index is 0.127. The number of hydrogen-bond donors (Lipinski definition) is 1. The Labute approximate surface area is 58.7 Å². The predicted molar refractivity (Wildman–Crippen MR) is 39.2 cm³/mol. The number of thioether (sulfide) groups is 1. The summed E-state index contributed by atoms with van der Waals surface area (Å²) in [5.74, 6) is 1.19. The van der Waals surface area contributed by atoms with Gasteiger partial charge >= 0.3 is 0 Å². The van der Waals surface area contributed by atoms with Crippen molar-refractivity contribution in [2.45, 2.75) is 6.92 Å². The molecule has 0 fully saturated rings. The average Bonchev–Trinajstić information content (AvgIpc) is 1.90. The maximum absolute atomic E-state index is 10.7. The molecule has 0 bridgehead atoms. The Kier molecular flexibility index (Phi) is 2.16. The Balaban J connectivity index is 2.57. The monoisotopic (exact) mass is 143 g/mol. The van der Waals surface area contributed by atoms with Gasteiger partial charge in [-0.3, -0.25) is 4.79 Å². The zero-order chi connectivity index (χ0) is 6.69. The number of nitrogens with one attached hydrogen (secondary N) is 1. The summed E-state index contributed by atoms with van der Waals surface area (Å²) in [6.45, 7) is 2.49. The van der Waals surface area contributed by atoms with Crippen LogP contribution in [0, 0.1) is 0 Å². The van der Waals surface area contributed by atoms with Crippen molar-refractivity contribution in [1.29, 1.82) is 0 Å². The third-order valence-corrected chi connectivity index (χ3v) is 1.96. The number of rotatable bonds is 1. The van der Waals surface area contributed by atoms with Crippen molar-refractivity contribution in [1.82, 2.24) is 5.32 Å². The minimum Gasteiger partial charge on any atom is -0.381 e. The van der Waals surface area contributed by atoms with Gasteiger partial charge in [-0.15, -0.1) is 11.8 Å². The lowest BCUT2D eigenvalue weighted by Crippen LogP contribution is -2.23. The fraction of sp³-hybridized carbons (Fsp3) is 0.500. The number of carbonyl (C=O) groups is 1. The molecule has 0 amide bonds. The molecule has 1 rings (SSSR count). The van der Waals surface area contributed by atoms with Crippen LogP contribution in [0.4, 0.5) is 0 Å². The molecule has 0 aromatic rings. The predicted octanol–water partition coefficient (Wildman–Crippen LogP) is 0.753. The van der Waals surface area contributed by atoms with E-state index in [1.54, 1.807) is 18.7 Å². The van der Waals surface area contributed by atoms with E-state index in [1.165, 1.54) is 0 Å². The highest BCUT2D eigenvalue weighted by Gasteiger charge is 2.05. The lowest BCUT2D eigenvalue weighted by atomic mass is 10.3. The molecule has 0 saturated carbocycles. The van der Waals surface area contributed by atoms with Gasteiger partial charge in [0.2, 0.25) is 0 Å². The van der Waals surface area contributed by atoms with E-state index in [0.717, 1.165) is 18.0 Å². The zero-order valence-electron chi connectivity index (χ0n) is 5.31. The molecule has 0 unspecified atom stereocenters. The summed E-state index contributed by atoms with van der Waals surface area (Å²) >= 11 is 1.69. The molecule has 1 aliphatic heterocycles. The van der Waals surface area contributed by atoms with Crippen LogP contribution in [0.3, 0.4) is 0 Å².